The number of ketones is 1. The quantitative estimate of drug-likeness (QED) is 0.0272. The van der Waals surface area contributed by atoms with E-state index in [1.165, 1.54) is 43.0 Å². The number of phenolic OH excluding ortho intramolecular Hbond substituents is 1. The lowest BCUT2D eigenvalue weighted by molar-refractivity contribution is -0.144. The van der Waals surface area contributed by atoms with Crippen LogP contribution < -0.4 is 70.4 Å². The number of rotatable bonds is 40. The van der Waals surface area contributed by atoms with Gasteiger partial charge >= 0.3 is 11.9 Å². The fourth-order valence-corrected chi connectivity index (χ4v) is 9.16. The summed E-state index contributed by atoms with van der Waals surface area (Å²) in [7, 11) is 0. The van der Waals surface area contributed by atoms with Crippen molar-refractivity contribution in [1.29, 1.82) is 0 Å². The number of aromatic hydroxyl groups is 1. The summed E-state index contributed by atoms with van der Waals surface area (Å²) < 4.78 is 0. The molecule has 1 aliphatic heterocycles. The Morgan fingerprint density at radius 1 is 0.560 bits per heavy atom. The standard InChI is InChI=1S/C56H84N14O21/c1-7-9-31(63-53(88)38-10-8-21-70(38)56(91)45(27(4)5)69-54(89)44(26(2)3)68-50(85)34(17-20-43(79)80)64-48(83)32(61-28(6)72)16-19-42(77)78)46(81)55(90)60-24-41(76)62-33(15-18-39(57)74)49(84)66-36(23-40(58)75)52(87)65-35(22-29-11-13-30(73)14-12-29)51(86)67-37(25-71)47(59)82/h11-14,26-27,31-38,44-45,71,73H,7-10,15-25H2,1-6H3,(H2,57,74)(H2,58,75)(H2,59,82)(H,60,90)(H,61,72)(H,62,76)(H,63,88)(H,64,83)(H,65,87)(H,66,84)(H,67,86)(H,68,85)(H,69,89)(H,77,78)(H,79,80)/t31-,32-,33+,34-,35-,36-,37-,38?,44-,45-/m0/s1. The fourth-order valence-electron chi connectivity index (χ4n) is 9.16. The predicted octanol–water partition coefficient (Wildman–Crippen LogP) is -6.55. The third-order valence-corrected chi connectivity index (χ3v) is 14.0. The number of amides is 14. The summed E-state index contributed by atoms with van der Waals surface area (Å²) in [5, 5.41) is 61.0. The Morgan fingerprint density at radius 3 is 1.55 bits per heavy atom. The average molecular weight is 1290 g/mol. The molecule has 1 fully saturated rings. The molecule has 20 N–H and O–H groups in total. The predicted molar refractivity (Wildman–Crippen MR) is 314 cm³/mol. The summed E-state index contributed by atoms with van der Waals surface area (Å²) in [5.74, 6) is -20.0. The minimum Gasteiger partial charge on any atom is -0.508 e. The number of carbonyl (C=O) groups excluding carboxylic acids is 15. The number of aliphatic hydroxyl groups excluding tert-OH is 1. The van der Waals surface area contributed by atoms with E-state index >= 15 is 0 Å². The molecule has 1 unspecified atom stereocenters. The molecule has 1 heterocycles. The Kier molecular flexibility index (Phi) is 32.2. The third-order valence-electron chi connectivity index (χ3n) is 14.0. The number of likely N-dealkylation sites (tertiary alicyclic amines) is 1. The van der Waals surface area contributed by atoms with Gasteiger partial charge in [0, 0.05) is 39.2 Å². The van der Waals surface area contributed by atoms with Crippen molar-refractivity contribution in [3.8, 4) is 5.75 Å². The number of carbonyl (C=O) groups is 17. The third kappa shape index (κ3) is 26.8. The van der Waals surface area contributed by atoms with E-state index in [2.05, 4.69) is 53.2 Å². The summed E-state index contributed by atoms with van der Waals surface area (Å²) in [6.45, 7) is 6.96. The molecule has 1 aromatic rings. The monoisotopic (exact) mass is 1290 g/mol. The first-order chi connectivity index (χ1) is 42.6. The lowest BCUT2D eigenvalue weighted by Gasteiger charge is -2.33. The molecule has 10 atom stereocenters. The normalized spacial score (nSPS) is 15.6. The molecule has 1 saturated heterocycles. The van der Waals surface area contributed by atoms with Gasteiger partial charge in [-0.1, -0.05) is 53.2 Å². The number of primary amides is 3. The number of nitrogens with zero attached hydrogens (tertiary/aromatic N) is 1. The molecule has 0 radical (unpaired) electrons. The van der Waals surface area contributed by atoms with Crippen molar-refractivity contribution < 1.29 is 102 Å². The van der Waals surface area contributed by atoms with Gasteiger partial charge in [0.05, 0.1) is 25.6 Å². The van der Waals surface area contributed by atoms with Gasteiger partial charge in [-0.3, -0.25) is 81.5 Å². The first-order valence-electron chi connectivity index (χ1n) is 29.1. The summed E-state index contributed by atoms with van der Waals surface area (Å²) in [5.41, 5.74) is 16.3. The molecular formula is C56H84N14O21. The molecule has 0 aromatic heterocycles. The van der Waals surface area contributed by atoms with Crippen molar-refractivity contribution >= 4 is 100 Å². The smallest absolute Gasteiger partial charge is 0.303 e. The van der Waals surface area contributed by atoms with Crippen molar-refractivity contribution in [2.45, 2.75) is 179 Å². The van der Waals surface area contributed by atoms with Crippen molar-refractivity contribution in [2.75, 3.05) is 19.7 Å². The number of nitrogens with two attached hydrogens (primary N) is 3. The molecule has 14 amide bonds. The first kappa shape index (κ1) is 77.3. The van der Waals surface area contributed by atoms with Crippen LogP contribution >= 0.6 is 0 Å². The number of aliphatic hydroxyl groups is 1. The van der Waals surface area contributed by atoms with Gasteiger partial charge in [-0.2, -0.15) is 0 Å². The Hall–Kier alpha value is -9.83. The minimum absolute atomic E-state index is 0.00980. The lowest BCUT2D eigenvalue weighted by atomic mass is 9.98. The molecular weight excluding hydrogens is 1200 g/mol. The van der Waals surface area contributed by atoms with E-state index in [1.54, 1.807) is 20.8 Å². The van der Waals surface area contributed by atoms with Crippen molar-refractivity contribution in [2.24, 2.45) is 29.0 Å². The number of carboxylic acids is 2. The van der Waals surface area contributed by atoms with Crippen molar-refractivity contribution in [1.82, 2.24) is 58.1 Å². The Labute approximate surface area is 522 Å². The van der Waals surface area contributed by atoms with E-state index in [0.29, 0.717) is 5.56 Å². The van der Waals surface area contributed by atoms with Gasteiger partial charge in [-0.05, 0) is 68.1 Å². The average Bonchev–Trinajstić information content (AvgIpc) is 1.86. The molecule has 1 aromatic carbocycles. The van der Waals surface area contributed by atoms with Crippen LogP contribution in [0.5, 0.6) is 5.75 Å². The molecule has 1 aliphatic rings. The number of Topliss-reactive ketones (excluding diaryl/α,β-unsaturated/α-hetero) is 1. The first-order valence-corrected chi connectivity index (χ1v) is 29.1. The maximum Gasteiger partial charge on any atom is 0.303 e. The molecule has 35 nitrogen and oxygen atoms in total. The van der Waals surface area contributed by atoms with Crippen LogP contribution in [0, 0.1) is 11.8 Å². The number of benzene rings is 1. The van der Waals surface area contributed by atoms with Crippen LogP contribution in [0.2, 0.25) is 0 Å². The number of nitrogens with one attached hydrogen (secondary N) is 10. The fraction of sp³-hybridized carbons (Fsp3) is 0.589. The molecule has 35 heteroatoms. The topological polar surface area (TPSA) is 573 Å². The zero-order chi connectivity index (χ0) is 69.0. The van der Waals surface area contributed by atoms with Gasteiger partial charge < -0.3 is 95.7 Å². The maximum atomic E-state index is 14.3. The zero-order valence-electron chi connectivity index (χ0n) is 51.3. The minimum atomic E-state index is -1.89. The Morgan fingerprint density at radius 2 is 1.04 bits per heavy atom. The molecule has 0 spiro atoms. The van der Waals surface area contributed by atoms with Gasteiger partial charge in [-0.15, -0.1) is 0 Å². The van der Waals surface area contributed by atoms with Gasteiger partial charge in [0.15, 0.2) is 0 Å². The largest absolute Gasteiger partial charge is 0.508 e. The van der Waals surface area contributed by atoms with Crippen molar-refractivity contribution in [3.63, 3.8) is 0 Å². The summed E-state index contributed by atoms with van der Waals surface area (Å²) in [6.07, 6.45) is -4.03. The molecule has 504 valence electrons. The number of aliphatic carboxylic acids is 2. The van der Waals surface area contributed by atoms with Crippen LogP contribution in [0.15, 0.2) is 24.3 Å². The highest BCUT2D eigenvalue weighted by molar-refractivity contribution is 6.38. The molecule has 0 bridgehead atoms. The summed E-state index contributed by atoms with van der Waals surface area (Å²) in [4.78, 5) is 222. The summed E-state index contributed by atoms with van der Waals surface area (Å²) >= 11 is 0. The highest BCUT2D eigenvalue weighted by atomic mass is 16.4. The second-order valence-corrected chi connectivity index (χ2v) is 22.2. The van der Waals surface area contributed by atoms with Crippen molar-refractivity contribution in [3.05, 3.63) is 29.8 Å². The maximum absolute atomic E-state index is 14.3. The van der Waals surface area contributed by atoms with Crippen LogP contribution in [0.3, 0.4) is 0 Å². The molecule has 91 heavy (non-hydrogen) atoms. The Bertz CT molecular complexity index is 2850. The van der Waals surface area contributed by atoms with E-state index < -0.39 is 224 Å². The van der Waals surface area contributed by atoms with Crippen LogP contribution in [0.4, 0.5) is 0 Å². The van der Waals surface area contributed by atoms with Gasteiger partial charge in [0.2, 0.25) is 82.6 Å². The SMILES string of the molecule is CCC[C@H](NC(=O)C1CCCN1C(=O)[C@@H](NC(=O)[C@@H](NC(=O)[C@H](CCC(=O)O)NC(=O)[C@H](CCC(=O)O)NC(C)=O)C(C)C)C(C)C)C(=O)C(=O)NCC(=O)N[C@H](CCC(N)=O)C(=O)N[C@@H](CC(N)=O)C(=O)N[C@@H](Cc1ccc(O)cc1)C(=O)N[C@@H](CO)C(N)=O. The Balaban J connectivity index is 2.27. The van der Waals surface area contributed by atoms with E-state index in [4.69, 9.17) is 22.3 Å². The van der Waals surface area contributed by atoms with Crippen LogP contribution in [-0.2, 0) is 87.9 Å². The summed E-state index contributed by atoms with van der Waals surface area (Å²) in [6, 6.07) is -10.2. The van der Waals surface area contributed by atoms with E-state index in [1.807, 2.05) is 0 Å². The number of phenols is 1. The van der Waals surface area contributed by atoms with Gasteiger partial charge in [0.1, 0.15) is 60.1 Å². The van der Waals surface area contributed by atoms with E-state index in [9.17, 15) is 96.8 Å². The van der Waals surface area contributed by atoms with Crippen LogP contribution in [0.25, 0.3) is 0 Å². The lowest BCUT2D eigenvalue weighted by Crippen LogP contribution is -2.61. The highest BCUT2D eigenvalue weighted by Gasteiger charge is 2.42. The second-order valence-electron chi connectivity index (χ2n) is 22.2. The van der Waals surface area contributed by atoms with Gasteiger partial charge in [-0.25, -0.2) is 0 Å². The molecule has 0 saturated carbocycles. The molecule has 0 aliphatic carbocycles. The number of hydrogen-bond acceptors (Lipinski definition) is 19. The van der Waals surface area contributed by atoms with E-state index in [-0.39, 0.29) is 50.8 Å². The van der Waals surface area contributed by atoms with Gasteiger partial charge in [0.25, 0.3) is 5.91 Å². The second kappa shape index (κ2) is 37.9. The zero-order valence-corrected chi connectivity index (χ0v) is 51.3. The molecule has 2 rings (SSSR count). The number of hydrogen-bond donors (Lipinski definition) is 17. The van der Waals surface area contributed by atoms with Crippen LogP contribution in [-0.4, -0.2) is 206 Å². The van der Waals surface area contributed by atoms with E-state index in [0.717, 1.165) is 6.92 Å². The van der Waals surface area contributed by atoms with Crippen LogP contribution in [0.1, 0.15) is 118 Å². The number of carboxylic acid groups (broad SMARTS) is 2. The highest BCUT2D eigenvalue weighted by Crippen LogP contribution is 2.22.